The van der Waals surface area contributed by atoms with Crippen molar-refractivity contribution in [2.75, 3.05) is 24.5 Å². The highest BCUT2D eigenvalue weighted by atomic mass is 16.7. The number of amides is 2. The van der Waals surface area contributed by atoms with Gasteiger partial charge in [-0.15, -0.1) is 0 Å². The number of rotatable bonds is 2. The predicted octanol–water partition coefficient (Wildman–Crippen LogP) is 2.57. The van der Waals surface area contributed by atoms with Crippen LogP contribution in [0.25, 0.3) is 0 Å². The monoisotopic (exact) mass is 402 g/mol. The first-order chi connectivity index (χ1) is 13.3. The second-order valence-corrected chi connectivity index (χ2v) is 9.63. The van der Waals surface area contributed by atoms with Crippen molar-refractivity contribution in [3.63, 3.8) is 0 Å². The maximum Gasteiger partial charge on any atom is 0.494 e. The Morgan fingerprint density at radius 3 is 2.28 bits per heavy atom. The zero-order valence-electron chi connectivity index (χ0n) is 18.4. The summed E-state index contributed by atoms with van der Waals surface area (Å²) in [4.78, 5) is 27.9. The molecule has 1 aromatic rings. The van der Waals surface area contributed by atoms with Crippen LogP contribution >= 0.6 is 0 Å². The Kier molecular flexibility index (Phi) is 5.47. The van der Waals surface area contributed by atoms with Crippen molar-refractivity contribution >= 4 is 30.3 Å². The van der Waals surface area contributed by atoms with Crippen LogP contribution in [0.3, 0.4) is 0 Å². The van der Waals surface area contributed by atoms with Gasteiger partial charge in [0.05, 0.1) is 17.7 Å². The molecule has 2 amide bonds. The number of anilines is 1. The molecule has 0 unspecified atom stereocenters. The van der Waals surface area contributed by atoms with Crippen LogP contribution in [0.2, 0.25) is 0 Å². The number of carbonyl (C=O) groups is 2. The smallest absolute Gasteiger partial charge is 0.443 e. The molecule has 3 rings (SSSR count). The third-order valence-electron chi connectivity index (χ3n) is 5.60. The molecule has 29 heavy (non-hydrogen) atoms. The molecule has 2 aliphatic rings. The Labute approximate surface area is 173 Å². The van der Waals surface area contributed by atoms with Crippen molar-refractivity contribution in [1.82, 2.24) is 4.90 Å². The quantitative estimate of drug-likeness (QED) is 0.709. The SMILES string of the molecule is CC(C)(C)OC(=O)N1CCN(c2cccc(B3OC(C)(C)C(C)(C)O3)c2)CC1=O. The van der Waals surface area contributed by atoms with E-state index in [1.165, 1.54) is 4.90 Å². The molecule has 0 N–H and O–H groups in total. The molecule has 8 heteroatoms. The maximum absolute atomic E-state index is 12.6. The van der Waals surface area contributed by atoms with E-state index in [0.717, 1.165) is 11.2 Å². The van der Waals surface area contributed by atoms with Crippen LogP contribution < -0.4 is 10.4 Å². The molecule has 0 aromatic heterocycles. The van der Waals surface area contributed by atoms with E-state index in [1.807, 2.05) is 56.9 Å². The van der Waals surface area contributed by atoms with E-state index in [2.05, 4.69) is 0 Å². The number of hydrogen-bond acceptors (Lipinski definition) is 6. The number of piperazine rings is 1. The van der Waals surface area contributed by atoms with Gasteiger partial charge in [-0.3, -0.25) is 4.79 Å². The lowest BCUT2D eigenvalue weighted by molar-refractivity contribution is -0.130. The second-order valence-electron chi connectivity index (χ2n) is 9.63. The highest BCUT2D eigenvalue weighted by Crippen LogP contribution is 2.36. The zero-order valence-corrected chi connectivity index (χ0v) is 18.4. The molecule has 0 bridgehead atoms. The summed E-state index contributed by atoms with van der Waals surface area (Å²) in [6.45, 7) is 14.4. The van der Waals surface area contributed by atoms with Crippen molar-refractivity contribution in [2.24, 2.45) is 0 Å². The Morgan fingerprint density at radius 2 is 1.72 bits per heavy atom. The van der Waals surface area contributed by atoms with Gasteiger partial charge in [0.1, 0.15) is 5.60 Å². The van der Waals surface area contributed by atoms with Crippen molar-refractivity contribution in [3.05, 3.63) is 24.3 Å². The molecule has 2 saturated heterocycles. The van der Waals surface area contributed by atoms with Crippen LogP contribution in [0.5, 0.6) is 0 Å². The summed E-state index contributed by atoms with van der Waals surface area (Å²) >= 11 is 0. The summed E-state index contributed by atoms with van der Waals surface area (Å²) in [5.41, 5.74) is 0.342. The first-order valence-corrected chi connectivity index (χ1v) is 10.0. The van der Waals surface area contributed by atoms with E-state index in [9.17, 15) is 9.59 Å². The lowest BCUT2D eigenvalue weighted by Crippen LogP contribution is -2.53. The van der Waals surface area contributed by atoms with Gasteiger partial charge in [0.15, 0.2) is 0 Å². The van der Waals surface area contributed by atoms with Gasteiger partial charge in [-0.25, -0.2) is 9.69 Å². The minimum absolute atomic E-state index is 0.117. The Balaban J connectivity index is 1.70. The number of benzene rings is 1. The summed E-state index contributed by atoms with van der Waals surface area (Å²) in [5.74, 6) is -0.272. The van der Waals surface area contributed by atoms with Gasteiger partial charge in [-0.2, -0.15) is 0 Å². The molecule has 2 fully saturated rings. The van der Waals surface area contributed by atoms with E-state index in [1.54, 1.807) is 20.8 Å². The second kappa shape index (κ2) is 7.33. The lowest BCUT2D eigenvalue weighted by Gasteiger charge is -2.35. The fraction of sp³-hybridized carbons (Fsp3) is 0.619. The van der Waals surface area contributed by atoms with Crippen LogP contribution in [-0.2, 0) is 18.8 Å². The Hall–Kier alpha value is -2.06. The largest absolute Gasteiger partial charge is 0.494 e. The van der Waals surface area contributed by atoms with E-state index in [-0.39, 0.29) is 19.0 Å². The summed E-state index contributed by atoms with van der Waals surface area (Å²) < 4.78 is 17.6. The highest BCUT2D eigenvalue weighted by Gasteiger charge is 2.51. The van der Waals surface area contributed by atoms with Crippen LogP contribution in [0, 0.1) is 0 Å². The summed E-state index contributed by atoms with van der Waals surface area (Å²) in [6.07, 6.45) is -0.590. The first-order valence-electron chi connectivity index (χ1n) is 10.0. The molecule has 0 spiro atoms. The maximum atomic E-state index is 12.6. The molecule has 0 saturated carbocycles. The van der Waals surface area contributed by atoms with Gasteiger partial charge in [-0.1, -0.05) is 12.1 Å². The molecule has 0 aliphatic carbocycles. The molecule has 0 atom stereocenters. The standard InChI is InChI=1S/C21H31BN2O5/c1-19(2,3)27-18(26)24-12-11-23(14-17(24)25)16-10-8-9-15(13-16)22-28-20(4,5)21(6,7)29-22/h8-10,13H,11-12,14H2,1-7H3. The molecule has 2 aliphatic heterocycles. The normalized spacial score (nSPS) is 21.5. The average molecular weight is 402 g/mol. The minimum atomic E-state index is -0.633. The van der Waals surface area contributed by atoms with Crippen molar-refractivity contribution < 1.29 is 23.6 Å². The van der Waals surface area contributed by atoms with Crippen LogP contribution in [0.15, 0.2) is 24.3 Å². The number of nitrogens with zero attached hydrogens (tertiary/aromatic N) is 2. The molecule has 7 nitrogen and oxygen atoms in total. The van der Waals surface area contributed by atoms with Crippen molar-refractivity contribution in [3.8, 4) is 0 Å². The lowest BCUT2D eigenvalue weighted by atomic mass is 9.79. The summed E-state index contributed by atoms with van der Waals surface area (Å²) in [6, 6.07) is 7.83. The summed E-state index contributed by atoms with van der Waals surface area (Å²) in [5, 5.41) is 0. The first kappa shape index (κ1) is 21.6. The number of ether oxygens (including phenoxy) is 1. The molecule has 1 aromatic carbocycles. The van der Waals surface area contributed by atoms with Crippen LogP contribution in [0.1, 0.15) is 48.5 Å². The third-order valence-corrected chi connectivity index (χ3v) is 5.60. The fourth-order valence-electron chi connectivity index (χ4n) is 3.25. The van der Waals surface area contributed by atoms with Crippen LogP contribution in [-0.4, -0.2) is 60.5 Å². The zero-order chi connectivity index (χ0) is 21.6. The van der Waals surface area contributed by atoms with Crippen molar-refractivity contribution in [2.45, 2.75) is 65.3 Å². The van der Waals surface area contributed by atoms with Gasteiger partial charge in [0.2, 0.25) is 0 Å². The molecule has 2 heterocycles. The molecular weight excluding hydrogens is 371 g/mol. The topological polar surface area (TPSA) is 68.3 Å². The van der Waals surface area contributed by atoms with E-state index >= 15 is 0 Å². The van der Waals surface area contributed by atoms with Gasteiger partial charge >= 0.3 is 13.2 Å². The van der Waals surface area contributed by atoms with Crippen LogP contribution in [0.4, 0.5) is 10.5 Å². The average Bonchev–Trinajstić information content (AvgIpc) is 2.81. The van der Waals surface area contributed by atoms with E-state index < -0.39 is 30.0 Å². The van der Waals surface area contributed by atoms with Gasteiger partial charge < -0.3 is 18.9 Å². The van der Waals surface area contributed by atoms with Gasteiger partial charge in [-0.05, 0) is 66.1 Å². The highest BCUT2D eigenvalue weighted by molar-refractivity contribution is 6.62. The van der Waals surface area contributed by atoms with Gasteiger partial charge in [0.25, 0.3) is 5.91 Å². The predicted molar refractivity (Wildman–Crippen MR) is 112 cm³/mol. The number of carbonyl (C=O) groups excluding carboxylic acids is 2. The molecule has 0 radical (unpaired) electrons. The molecular formula is C21H31BN2O5. The van der Waals surface area contributed by atoms with Crippen molar-refractivity contribution in [1.29, 1.82) is 0 Å². The number of hydrogen-bond donors (Lipinski definition) is 0. The van der Waals surface area contributed by atoms with Gasteiger partial charge in [0, 0.05) is 18.8 Å². The third kappa shape index (κ3) is 4.59. The fourth-order valence-corrected chi connectivity index (χ4v) is 3.25. The number of imide groups is 1. The van der Waals surface area contributed by atoms with E-state index in [4.69, 9.17) is 14.0 Å². The Morgan fingerprint density at radius 1 is 1.10 bits per heavy atom. The Bertz CT molecular complexity index is 787. The van der Waals surface area contributed by atoms with E-state index in [0.29, 0.717) is 6.54 Å². The minimum Gasteiger partial charge on any atom is -0.443 e. The molecule has 158 valence electrons. The summed E-state index contributed by atoms with van der Waals surface area (Å²) in [7, 11) is -0.460.